The van der Waals surface area contributed by atoms with Gasteiger partial charge < -0.3 is 20.3 Å². The number of hydrogen-bond donors (Lipinski definition) is 3. The average Bonchev–Trinajstić information content (AvgIpc) is 3.33. The molecule has 0 saturated heterocycles. The highest BCUT2D eigenvalue weighted by Crippen LogP contribution is 2.19. The number of unbranched alkanes of at least 4 members (excludes halogenated alkanes) is 34. The van der Waals surface area contributed by atoms with E-state index in [1.54, 1.807) is 0 Å². The Labute approximate surface area is 423 Å². The second-order valence-corrected chi connectivity index (χ2v) is 20.4. The van der Waals surface area contributed by atoms with Crippen molar-refractivity contribution < 1.29 is 24.5 Å². The predicted octanol–water partition coefficient (Wildman–Crippen LogP) is 18.6. The molecular formula is C62H115NO5. The molecule has 3 unspecified atom stereocenters. The van der Waals surface area contributed by atoms with E-state index in [1.807, 2.05) is 0 Å². The van der Waals surface area contributed by atoms with Gasteiger partial charge in [0.05, 0.1) is 25.2 Å². The summed E-state index contributed by atoms with van der Waals surface area (Å²) < 4.78 is 5.96. The van der Waals surface area contributed by atoms with Gasteiger partial charge in [-0.3, -0.25) is 9.59 Å². The number of carbonyl (C=O) groups is 2. The third-order valence-electron chi connectivity index (χ3n) is 13.7. The molecule has 0 heterocycles. The predicted molar refractivity (Wildman–Crippen MR) is 296 cm³/mol. The third kappa shape index (κ3) is 50.2. The first-order valence-corrected chi connectivity index (χ1v) is 29.9. The molecule has 0 spiro atoms. The van der Waals surface area contributed by atoms with Crippen LogP contribution in [0, 0.1) is 0 Å². The van der Waals surface area contributed by atoms with Crippen LogP contribution in [-0.4, -0.2) is 46.9 Å². The van der Waals surface area contributed by atoms with Gasteiger partial charge in [0, 0.05) is 6.42 Å². The van der Waals surface area contributed by atoms with Crippen LogP contribution in [0.15, 0.2) is 48.6 Å². The molecule has 0 aliphatic heterocycles. The average molecular weight is 955 g/mol. The molecule has 0 aliphatic rings. The Morgan fingerprint density at radius 3 is 1.15 bits per heavy atom. The highest BCUT2D eigenvalue weighted by atomic mass is 16.5. The fraction of sp³-hybridized carbons (Fsp3) is 0.839. The number of amides is 1. The van der Waals surface area contributed by atoms with Crippen molar-refractivity contribution in [3.63, 3.8) is 0 Å². The Morgan fingerprint density at radius 1 is 0.426 bits per heavy atom. The van der Waals surface area contributed by atoms with Crippen LogP contribution >= 0.6 is 0 Å². The van der Waals surface area contributed by atoms with Crippen LogP contribution in [0.5, 0.6) is 0 Å². The fourth-order valence-corrected chi connectivity index (χ4v) is 9.12. The highest BCUT2D eigenvalue weighted by molar-refractivity contribution is 5.77. The van der Waals surface area contributed by atoms with E-state index in [0.29, 0.717) is 19.3 Å². The number of hydrogen-bond acceptors (Lipinski definition) is 5. The maximum Gasteiger partial charge on any atom is 0.306 e. The molecule has 0 aromatic rings. The molecule has 0 rings (SSSR count). The molecule has 0 aromatic carbocycles. The van der Waals surface area contributed by atoms with E-state index < -0.39 is 18.2 Å². The van der Waals surface area contributed by atoms with Crippen molar-refractivity contribution >= 4 is 11.9 Å². The normalized spacial score (nSPS) is 13.4. The summed E-state index contributed by atoms with van der Waals surface area (Å²) in [4.78, 5) is 26.3. The smallest absolute Gasteiger partial charge is 0.306 e. The van der Waals surface area contributed by atoms with Crippen molar-refractivity contribution in [2.45, 2.75) is 328 Å². The summed E-state index contributed by atoms with van der Waals surface area (Å²) in [5.41, 5.74) is 0. The van der Waals surface area contributed by atoms with Gasteiger partial charge in [0.15, 0.2) is 0 Å². The lowest BCUT2D eigenvalue weighted by molar-refractivity contribution is -0.151. The first kappa shape index (κ1) is 65.8. The van der Waals surface area contributed by atoms with E-state index in [4.69, 9.17) is 4.74 Å². The zero-order chi connectivity index (χ0) is 49.5. The van der Waals surface area contributed by atoms with Crippen molar-refractivity contribution in [2.75, 3.05) is 6.61 Å². The molecule has 0 bridgehead atoms. The molecule has 1 amide bonds. The first-order valence-electron chi connectivity index (χ1n) is 29.9. The van der Waals surface area contributed by atoms with Crippen LogP contribution in [0.25, 0.3) is 0 Å². The third-order valence-corrected chi connectivity index (χ3v) is 13.7. The number of allylic oxidation sites excluding steroid dienone is 8. The number of nitrogens with one attached hydrogen (secondary N) is 1. The maximum absolute atomic E-state index is 13.3. The lowest BCUT2D eigenvalue weighted by atomic mass is 10.0. The van der Waals surface area contributed by atoms with Gasteiger partial charge in [-0.2, -0.15) is 0 Å². The van der Waals surface area contributed by atoms with Crippen LogP contribution < -0.4 is 5.32 Å². The minimum Gasteiger partial charge on any atom is -0.462 e. The highest BCUT2D eigenvalue weighted by Gasteiger charge is 2.24. The number of esters is 1. The standard InChI is InChI=1S/C62H115NO5/c1-4-7-10-13-16-19-22-25-28-29-30-31-34-37-40-43-46-49-52-55-62(67)68-58(53-50-47-44-41-38-35-32-26-23-20-17-14-11-8-5-2)56-61(66)63-59(57-64)60(65)54-51-48-45-42-39-36-33-27-24-21-18-15-12-9-6-3/h16,19,25,28,30-31,37,40,58-60,64-65H,4-15,17-18,20-24,26-27,29,32-36,38-39,41-57H2,1-3H3,(H,63,66)/b19-16-,28-25-,31-30-,40-37-. The molecule has 3 atom stereocenters. The van der Waals surface area contributed by atoms with Crippen molar-refractivity contribution in [2.24, 2.45) is 0 Å². The topological polar surface area (TPSA) is 95.9 Å². The van der Waals surface area contributed by atoms with Gasteiger partial charge in [0.1, 0.15) is 6.10 Å². The Morgan fingerprint density at radius 2 is 0.750 bits per heavy atom. The lowest BCUT2D eigenvalue weighted by Gasteiger charge is -2.24. The maximum atomic E-state index is 13.3. The van der Waals surface area contributed by atoms with Crippen molar-refractivity contribution in [1.29, 1.82) is 0 Å². The summed E-state index contributed by atoms with van der Waals surface area (Å²) in [5.74, 6) is -0.495. The molecule has 0 aromatic heterocycles. The Balaban J connectivity index is 4.58. The number of carbonyl (C=O) groups excluding carboxylic acids is 2. The summed E-state index contributed by atoms with van der Waals surface area (Å²) >= 11 is 0. The summed E-state index contributed by atoms with van der Waals surface area (Å²) in [6.07, 6.45) is 68.9. The monoisotopic (exact) mass is 954 g/mol. The first-order chi connectivity index (χ1) is 33.5. The number of aliphatic hydroxyl groups is 2. The largest absolute Gasteiger partial charge is 0.462 e. The van der Waals surface area contributed by atoms with Gasteiger partial charge in [-0.15, -0.1) is 0 Å². The van der Waals surface area contributed by atoms with Gasteiger partial charge in [0.2, 0.25) is 5.91 Å². The van der Waals surface area contributed by atoms with Gasteiger partial charge in [-0.25, -0.2) is 0 Å². The minimum atomic E-state index is -0.793. The van der Waals surface area contributed by atoms with Crippen LogP contribution in [0.2, 0.25) is 0 Å². The van der Waals surface area contributed by atoms with E-state index in [1.165, 1.54) is 186 Å². The van der Waals surface area contributed by atoms with Crippen LogP contribution in [0.1, 0.15) is 310 Å². The van der Waals surface area contributed by atoms with Gasteiger partial charge in [-0.1, -0.05) is 275 Å². The van der Waals surface area contributed by atoms with E-state index in [-0.39, 0.29) is 24.9 Å². The second kappa shape index (κ2) is 55.7. The SMILES string of the molecule is CCCCC/C=C\C/C=C\C/C=C\C/C=C\CCCCCC(=O)OC(CCCCCCCCCCCCCCCCC)CC(=O)NC(CO)C(O)CCCCCCCCCCCCCCCCC. The minimum absolute atomic E-state index is 0.0680. The lowest BCUT2D eigenvalue weighted by Crippen LogP contribution is -2.46. The van der Waals surface area contributed by atoms with Crippen molar-refractivity contribution in [3.8, 4) is 0 Å². The molecule has 0 radical (unpaired) electrons. The van der Waals surface area contributed by atoms with Gasteiger partial charge in [0.25, 0.3) is 0 Å². The number of ether oxygens (including phenoxy) is 1. The summed E-state index contributed by atoms with van der Waals surface area (Å²) in [6, 6.07) is -0.707. The molecule has 6 nitrogen and oxygen atoms in total. The Kier molecular flexibility index (Phi) is 54.0. The zero-order valence-corrected chi connectivity index (χ0v) is 45.5. The number of rotatable bonds is 54. The molecule has 0 saturated carbocycles. The molecular weight excluding hydrogens is 839 g/mol. The molecule has 6 heteroatoms. The summed E-state index contributed by atoms with van der Waals surface area (Å²) in [6.45, 7) is 6.49. The number of aliphatic hydroxyl groups excluding tert-OH is 2. The Bertz CT molecular complexity index is 1160. The fourth-order valence-electron chi connectivity index (χ4n) is 9.12. The van der Waals surface area contributed by atoms with E-state index in [9.17, 15) is 19.8 Å². The molecule has 398 valence electrons. The van der Waals surface area contributed by atoms with Crippen LogP contribution in [0.3, 0.4) is 0 Å². The van der Waals surface area contributed by atoms with Crippen molar-refractivity contribution in [1.82, 2.24) is 5.32 Å². The quantitative estimate of drug-likeness (QED) is 0.0321. The summed E-state index contributed by atoms with van der Waals surface area (Å²) in [5, 5.41) is 23.9. The van der Waals surface area contributed by atoms with Gasteiger partial charge in [-0.05, 0) is 70.6 Å². The van der Waals surface area contributed by atoms with Gasteiger partial charge >= 0.3 is 5.97 Å². The van der Waals surface area contributed by atoms with Crippen LogP contribution in [-0.2, 0) is 14.3 Å². The molecule has 0 fully saturated rings. The molecule has 68 heavy (non-hydrogen) atoms. The molecule has 0 aliphatic carbocycles. The molecule has 3 N–H and O–H groups in total. The van der Waals surface area contributed by atoms with E-state index in [2.05, 4.69) is 74.7 Å². The second-order valence-electron chi connectivity index (χ2n) is 20.4. The van der Waals surface area contributed by atoms with Crippen molar-refractivity contribution in [3.05, 3.63) is 48.6 Å². The van der Waals surface area contributed by atoms with E-state index in [0.717, 1.165) is 77.0 Å². The van der Waals surface area contributed by atoms with Crippen LogP contribution in [0.4, 0.5) is 0 Å². The van der Waals surface area contributed by atoms with E-state index >= 15 is 0 Å². The summed E-state index contributed by atoms with van der Waals surface area (Å²) in [7, 11) is 0. The Hall–Kier alpha value is -2.18. The zero-order valence-electron chi connectivity index (χ0n) is 45.5.